The molecule has 0 radical (unpaired) electrons. The number of nitrogens with two attached hydrogens (primary N) is 1. The number of anilines is 1. The number of fused-ring (bicyclic) bond motifs is 1. The van der Waals surface area contributed by atoms with Crippen LogP contribution in [0.15, 0.2) is 103 Å². The molecule has 4 aromatic carbocycles. The third-order valence-electron chi connectivity index (χ3n) is 8.04. The van der Waals surface area contributed by atoms with Gasteiger partial charge < -0.3 is 20.5 Å². The maximum absolute atomic E-state index is 12.7. The third-order valence-corrected chi connectivity index (χ3v) is 9.30. The minimum Gasteiger partial charge on any atom is -0.492 e. The predicted molar refractivity (Wildman–Crippen MR) is 180 cm³/mol. The van der Waals surface area contributed by atoms with Crippen LogP contribution in [0.5, 0.6) is 5.75 Å². The van der Waals surface area contributed by atoms with Crippen molar-refractivity contribution in [2.45, 2.75) is 31.9 Å². The lowest BCUT2D eigenvalue weighted by atomic mass is 9.99. The van der Waals surface area contributed by atoms with E-state index in [1.807, 2.05) is 42.5 Å². The molecular weight excluding hydrogens is 566 g/mol. The van der Waals surface area contributed by atoms with Crippen molar-refractivity contribution in [2.24, 2.45) is 5.73 Å². The molecule has 1 atom stereocenters. The standard InChI is InChI=1S/C37H39N3O3S/c38-34(26-42-25-28-8-2-1-3-9-28)37(41)39-30-16-14-29(15-17-30)36-33(32-10-4-5-11-35(32)44-36)24-27-12-18-31(19-13-27)43-23-22-40-20-6-7-21-40/h1-5,8-19,34H,6-7,20-26,38H2,(H,39,41). The van der Waals surface area contributed by atoms with Crippen molar-refractivity contribution in [3.8, 4) is 16.2 Å². The number of benzene rings is 4. The monoisotopic (exact) mass is 605 g/mol. The van der Waals surface area contributed by atoms with Crippen LogP contribution in [0.3, 0.4) is 0 Å². The number of rotatable bonds is 13. The number of hydrogen-bond donors (Lipinski definition) is 2. The summed E-state index contributed by atoms with van der Waals surface area (Å²) in [5, 5.41) is 4.21. The lowest BCUT2D eigenvalue weighted by Crippen LogP contribution is -2.39. The van der Waals surface area contributed by atoms with Gasteiger partial charge in [-0.25, -0.2) is 0 Å². The topological polar surface area (TPSA) is 76.8 Å². The Balaban J connectivity index is 1.09. The van der Waals surface area contributed by atoms with Gasteiger partial charge in [0.2, 0.25) is 5.91 Å². The highest BCUT2D eigenvalue weighted by molar-refractivity contribution is 7.22. The normalized spacial score (nSPS) is 14.1. The molecule has 0 bridgehead atoms. The quantitative estimate of drug-likeness (QED) is 0.150. The van der Waals surface area contributed by atoms with Crippen LogP contribution < -0.4 is 15.8 Å². The van der Waals surface area contributed by atoms with Gasteiger partial charge in [0.05, 0.1) is 13.2 Å². The van der Waals surface area contributed by atoms with Gasteiger partial charge in [0, 0.05) is 21.8 Å². The summed E-state index contributed by atoms with van der Waals surface area (Å²) in [6.45, 7) is 4.67. The van der Waals surface area contributed by atoms with Gasteiger partial charge in [-0.15, -0.1) is 11.3 Å². The fourth-order valence-corrected chi connectivity index (χ4v) is 6.83. The summed E-state index contributed by atoms with van der Waals surface area (Å²) < 4.78 is 12.9. The van der Waals surface area contributed by atoms with Crippen molar-refractivity contribution < 1.29 is 14.3 Å². The first-order chi connectivity index (χ1) is 21.6. The molecule has 1 aromatic heterocycles. The van der Waals surface area contributed by atoms with Gasteiger partial charge in [-0.05, 0) is 90.3 Å². The lowest BCUT2D eigenvalue weighted by molar-refractivity contribution is -0.118. The Bertz CT molecular complexity index is 1650. The number of likely N-dealkylation sites (tertiary alicyclic amines) is 1. The molecule has 0 spiro atoms. The van der Waals surface area contributed by atoms with Crippen molar-refractivity contribution in [3.05, 3.63) is 120 Å². The van der Waals surface area contributed by atoms with Crippen LogP contribution in [-0.2, 0) is 22.6 Å². The van der Waals surface area contributed by atoms with Crippen LogP contribution in [-0.4, -0.2) is 49.7 Å². The van der Waals surface area contributed by atoms with E-state index in [0.29, 0.717) is 12.3 Å². The van der Waals surface area contributed by atoms with Crippen molar-refractivity contribution in [2.75, 3.05) is 38.2 Å². The smallest absolute Gasteiger partial charge is 0.243 e. The molecule has 0 saturated carbocycles. The minimum absolute atomic E-state index is 0.148. The van der Waals surface area contributed by atoms with Crippen molar-refractivity contribution in [3.63, 3.8) is 0 Å². The Morgan fingerprint density at radius 3 is 2.36 bits per heavy atom. The number of amides is 1. The maximum Gasteiger partial charge on any atom is 0.243 e. The van der Waals surface area contributed by atoms with Crippen molar-refractivity contribution in [1.29, 1.82) is 0 Å². The van der Waals surface area contributed by atoms with E-state index in [9.17, 15) is 4.79 Å². The third kappa shape index (κ3) is 7.73. The SMILES string of the molecule is NC(COCc1ccccc1)C(=O)Nc1ccc(-c2sc3ccccc3c2Cc2ccc(OCCN3CCCC3)cc2)cc1. The predicted octanol–water partition coefficient (Wildman–Crippen LogP) is 7.12. The first-order valence-corrected chi connectivity index (χ1v) is 16.2. The molecule has 1 saturated heterocycles. The number of carbonyl (C=O) groups excluding carboxylic acids is 1. The van der Waals surface area contributed by atoms with Gasteiger partial charge in [-0.2, -0.15) is 0 Å². The Morgan fingerprint density at radius 2 is 1.59 bits per heavy atom. The van der Waals surface area contributed by atoms with Crippen LogP contribution in [0.2, 0.25) is 0 Å². The second kappa shape index (κ2) is 14.6. The molecule has 1 aliphatic rings. The zero-order valence-electron chi connectivity index (χ0n) is 24.9. The number of ether oxygens (including phenoxy) is 2. The average Bonchev–Trinajstić information content (AvgIpc) is 3.71. The van der Waals surface area contributed by atoms with Crippen molar-refractivity contribution >= 4 is 33.0 Å². The van der Waals surface area contributed by atoms with E-state index < -0.39 is 6.04 Å². The molecule has 1 fully saturated rings. The highest BCUT2D eigenvalue weighted by atomic mass is 32.1. The van der Waals surface area contributed by atoms with Crippen LogP contribution in [0.4, 0.5) is 5.69 Å². The zero-order valence-corrected chi connectivity index (χ0v) is 25.7. The van der Waals surface area contributed by atoms with Crippen LogP contribution in [0.25, 0.3) is 20.5 Å². The van der Waals surface area contributed by atoms with E-state index >= 15 is 0 Å². The number of hydrogen-bond acceptors (Lipinski definition) is 6. The Kier molecular flexibility index (Phi) is 10.00. The van der Waals surface area contributed by atoms with Crippen LogP contribution >= 0.6 is 11.3 Å². The fourth-order valence-electron chi connectivity index (χ4n) is 5.61. The molecule has 6 rings (SSSR count). The van der Waals surface area contributed by atoms with Crippen LogP contribution in [0.1, 0.15) is 29.5 Å². The summed E-state index contributed by atoms with van der Waals surface area (Å²) in [6, 6.07) is 34.2. The van der Waals surface area contributed by atoms with Gasteiger partial charge in [0.25, 0.3) is 0 Å². The van der Waals surface area contributed by atoms with Crippen LogP contribution in [0, 0.1) is 0 Å². The zero-order chi connectivity index (χ0) is 30.1. The summed E-state index contributed by atoms with van der Waals surface area (Å²) >= 11 is 1.80. The molecule has 0 aliphatic carbocycles. The van der Waals surface area contributed by atoms with Gasteiger partial charge in [-0.3, -0.25) is 9.69 Å². The maximum atomic E-state index is 12.7. The van der Waals surface area contributed by atoms with Gasteiger partial charge in [-0.1, -0.05) is 72.8 Å². The second-order valence-corrected chi connectivity index (χ2v) is 12.3. The van der Waals surface area contributed by atoms with E-state index in [-0.39, 0.29) is 12.5 Å². The Hall–Kier alpha value is -4.01. The van der Waals surface area contributed by atoms with E-state index in [4.69, 9.17) is 15.2 Å². The van der Waals surface area contributed by atoms with E-state index in [0.717, 1.165) is 36.4 Å². The number of carbonyl (C=O) groups is 1. The van der Waals surface area contributed by atoms with Gasteiger partial charge in [0.1, 0.15) is 18.4 Å². The summed E-state index contributed by atoms with van der Waals surface area (Å²) in [6.07, 6.45) is 3.42. The molecule has 226 valence electrons. The lowest BCUT2D eigenvalue weighted by Gasteiger charge is -2.15. The number of thiophene rings is 1. The summed E-state index contributed by atoms with van der Waals surface area (Å²) in [4.78, 5) is 16.4. The van der Waals surface area contributed by atoms with Gasteiger partial charge in [0.15, 0.2) is 0 Å². The molecule has 2 heterocycles. The largest absolute Gasteiger partial charge is 0.492 e. The molecule has 44 heavy (non-hydrogen) atoms. The minimum atomic E-state index is -0.755. The second-order valence-electron chi connectivity index (χ2n) is 11.3. The Labute approximate surface area is 263 Å². The summed E-state index contributed by atoms with van der Waals surface area (Å²) in [5.41, 5.74) is 11.5. The highest BCUT2D eigenvalue weighted by Crippen LogP contribution is 2.40. The number of nitrogens with zero attached hydrogens (tertiary/aromatic N) is 1. The molecule has 1 amide bonds. The molecular formula is C37H39N3O3S. The molecule has 6 nitrogen and oxygen atoms in total. The molecule has 1 aliphatic heterocycles. The summed E-state index contributed by atoms with van der Waals surface area (Å²) in [5.74, 6) is 0.653. The molecule has 3 N–H and O–H groups in total. The Morgan fingerprint density at radius 1 is 0.864 bits per heavy atom. The summed E-state index contributed by atoms with van der Waals surface area (Å²) in [7, 11) is 0. The first-order valence-electron chi connectivity index (χ1n) is 15.4. The molecule has 5 aromatic rings. The fraction of sp³-hybridized carbons (Fsp3) is 0.270. The molecule has 1 unspecified atom stereocenters. The van der Waals surface area contributed by atoms with Gasteiger partial charge >= 0.3 is 0 Å². The molecule has 7 heteroatoms. The van der Waals surface area contributed by atoms with E-state index in [1.54, 1.807) is 11.3 Å². The first kappa shape index (κ1) is 30.0. The van der Waals surface area contributed by atoms with Crippen molar-refractivity contribution in [1.82, 2.24) is 4.90 Å². The van der Waals surface area contributed by atoms with E-state index in [2.05, 4.69) is 70.9 Å². The number of nitrogens with one attached hydrogen (secondary N) is 1. The highest BCUT2D eigenvalue weighted by Gasteiger charge is 2.17. The average molecular weight is 606 g/mol. The van der Waals surface area contributed by atoms with E-state index in [1.165, 1.54) is 52.0 Å².